The summed E-state index contributed by atoms with van der Waals surface area (Å²) in [5, 5.41) is 3.92. The standard InChI is InChI=1S/C24H23N5O/c1-3-29(16-18-9-5-4-6-10-18)24-26-17(2)15-21(28-24)23(30)27-20-13-7-11-19-12-8-14-25-22(19)20/h4-15H,3,16H2,1-2H3,(H,27,30). The molecule has 0 spiro atoms. The number of para-hydroxylation sites is 1. The van der Waals surface area contributed by atoms with Crippen molar-refractivity contribution in [3.63, 3.8) is 0 Å². The van der Waals surface area contributed by atoms with Crippen molar-refractivity contribution in [1.82, 2.24) is 15.0 Å². The van der Waals surface area contributed by atoms with Gasteiger partial charge in [0.05, 0.1) is 11.2 Å². The van der Waals surface area contributed by atoms with Crippen LogP contribution in [-0.4, -0.2) is 27.4 Å². The number of pyridine rings is 1. The van der Waals surface area contributed by atoms with Gasteiger partial charge in [-0.05, 0) is 37.6 Å². The number of rotatable bonds is 6. The zero-order chi connectivity index (χ0) is 20.9. The number of hydrogen-bond donors (Lipinski definition) is 1. The van der Waals surface area contributed by atoms with E-state index in [1.807, 2.05) is 55.5 Å². The average molecular weight is 397 g/mol. The Kier molecular flexibility index (Phi) is 5.66. The lowest BCUT2D eigenvalue weighted by Crippen LogP contribution is -2.26. The van der Waals surface area contributed by atoms with Gasteiger partial charge in [0.2, 0.25) is 5.95 Å². The highest BCUT2D eigenvalue weighted by molar-refractivity contribution is 6.07. The smallest absolute Gasteiger partial charge is 0.274 e. The minimum absolute atomic E-state index is 0.282. The number of carbonyl (C=O) groups excluding carboxylic acids is 1. The number of fused-ring (bicyclic) bond motifs is 1. The molecule has 6 heteroatoms. The van der Waals surface area contributed by atoms with Crippen LogP contribution >= 0.6 is 0 Å². The topological polar surface area (TPSA) is 71.0 Å². The van der Waals surface area contributed by atoms with Crippen LogP contribution in [0.3, 0.4) is 0 Å². The third-order valence-corrected chi connectivity index (χ3v) is 4.84. The summed E-state index contributed by atoms with van der Waals surface area (Å²) in [5.74, 6) is 0.262. The molecule has 0 saturated heterocycles. The van der Waals surface area contributed by atoms with Crippen molar-refractivity contribution in [3.8, 4) is 0 Å². The lowest BCUT2D eigenvalue weighted by atomic mass is 10.2. The predicted octanol–water partition coefficient (Wildman–Crippen LogP) is 4.61. The summed E-state index contributed by atoms with van der Waals surface area (Å²) in [4.78, 5) is 28.6. The highest BCUT2D eigenvalue weighted by atomic mass is 16.1. The van der Waals surface area contributed by atoms with Crippen LogP contribution in [0.5, 0.6) is 0 Å². The van der Waals surface area contributed by atoms with Crippen LogP contribution in [0.4, 0.5) is 11.6 Å². The third-order valence-electron chi connectivity index (χ3n) is 4.84. The Morgan fingerprint density at radius 1 is 1.00 bits per heavy atom. The number of anilines is 2. The second kappa shape index (κ2) is 8.69. The lowest BCUT2D eigenvalue weighted by Gasteiger charge is -2.21. The molecule has 0 radical (unpaired) electrons. The first kappa shape index (κ1) is 19.5. The van der Waals surface area contributed by atoms with E-state index >= 15 is 0 Å². The summed E-state index contributed by atoms with van der Waals surface area (Å²) in [6, 6.07) is 21.4. The molecule has 0 atom stereocenters. The van der Waals surface area contributed by atoms with Gasteiger partial charge in [-0.3, -0.25) is 9.78 Å². The molecule has 1 amide bonds. The molecule has 0 bridgehead atoms. The van der Waals surface area contributed by atoms with Crippen molar-refractivity contribution in [2.24, 2.45) is 0 Å². The van der Waals surface area contributed by atoms with E-state index in [1.165, 1.54) is 0 Å². The molecule has 0 saturated carbocycles. The molecule has 30 heavy (non-hydrogen) atoms. The molecule has 150 valence electrons. The molecule has 0 unspecified atom stereocenters. The van der Waals surface area contributed by atoms with Crippen molar-refractivity contribution in [1.29, 1.82) is 0 Å². The summed E-state index contributed by atoms with van der Waals surface area (Å²) in [6.45, 7) is 5.33. The van der Waals surface area contributed by atoms with Gasteiger partial charge >= 0.3 is 0 Å². The molecular weight excluding hydrogens is 374 g/mol. The van der Waals surface area contributed by atoms with E-state index in [4.69, 9.17) is 0 Å². The van der Waals surface area contributed by atoms with Crippen LogP contribution < -0.4 is 10.2 Å². The summed E-state index contributed by atoms with van der Waals surface area (Å²) >= 11 is 0. The van der Waals surface area contributed by atoms with Gasteiger partial charge in [0.1, 0.15) is 5.69 Å². The summed E-state index contributed by atoms with van der Waals surface area (Å²) in [7, 11) is 0. The van der Waals surface area contributed by atoms with E-state index < -0.39 is 0 Å². The fraction of sp³-hybridized carbons (Fsp3) is 0.167. The number of hydrogen-bond acceptors (Lipinski definition) is 5. The zero-order valence-electron chi connectivity index (χ0n) is 17.0. The summed E-state index contributed by atoms with van der Waals surface area (Å²) < 4.78 is 0. The Morgan fingerprint density at radius 2 is 1.80 bits per heavy atom. The van der Waals surface area contributed by atoms with Crippen LogP contribution in [0, 0.1) is 6.92 Å². The number of nitrogens with zero attached hydrogens (tertiary/aromatic N) is 4. The molecule has 4 rings (SSSR count). The fourth-order valence-corrected chi connectivity index (χ4v) is 3.33. The Labute approximate surface area is 175 Å². The van der Waals surface area contributed by atoms with Gasteiger partial charge in [-0.2, -0.15) is 0 Å². The second-order valence-corrected chi connectivity index (χ2v) is 7.03. The number of benzene rings is 2. The van der Waals surface area contributed by atoms with E-state index in [2.05, 4.69) is 44.2 Å². The van der Waals surface area contributed by atoms with Gasteiger partial charge in [-0.15, -0.1) is 0 Å². The number of aryl methyl sites for hydroxylation is 1. The molecular formula is C24H23N5O. The van der Waals surface area contributed by atoms with Crippen molar-refractivity contribution < 1.29 is 4.79 Å². The van der Waals surface area contributed by atoms with Gasteiger partial charge in [-0.25, -0.2) is 9.97 Å². The normalized spacial score (nSPS) is 10.7. The van der Waals surface area contributed by atoms with Crippen LogP contribution in [0.15, 0.2) is 72.9 Å². The summed E-state index contributed by atoms with van der Waals surface area (Å²) in [6.07, 6.45) is 1.72. The van der Waals surface area contributed by atoms with Crippen LogP contribution in [0.25, 0.3) is 10.9 Å². The highest BCUT2D eigenvalue weighted by Crippen LogP contribution is 2.22. The van der Waals surface area contributed by atoms with Crippen molar-refractivity contribution >= 4 is 28.4 Å². The van der Waals surface area contributed by atoms with Gasteiger partial charge < -0.3 is 10.2 Å². The number of carbonyl (C=O) groups is 1. The van der Waals surface area contributed by atoms with Crippen LogP contribution in [0.2, 0.25) is 0 Å². The Bertz CT molecular complexity index is 1170. The van der Waals surface area contributed by atoms with Crippen molar-refractivity contribution in [3.05, 3.63) is 89.9 Å². The Morgan fingerprint density at radius 3 is 2.60 bits per heavy atom. The molecule has 1 N–H and O–H groups in total. The molecule has 0 aliphatic heterocycles. The SMILES string of the molecule is CCN(Cc1ccccc1)c1nc(C)cc(C(=O)Nc2cccc3cccnc23)n1. The van der Waals surface area contributed by atoms with Gasteiger partial charge in [-0.1, -0.05) is 48.5 Å². The molecule has 2 heterocycles. The van der Waals surface area contributed by atoms with Gasteiger partial charge in [0.25, 0.3) is 5.91 Å². The first-order chi connectivity index (χ1) is 14.6. The minimum atomic E-state index is -0.282. The molecule has 2 aromatic carbocycles. The van der Waals surface area contributed by atoms with Gasteiger partial charge in [0.15, 0.2) is 0 Å². The maximum absolute atomic E-state index is 13.0. The van der Waals surface area contributed by atoms with Crippen molar-refractivity contribution in [2.75, 3.05) is 16.8 Å². The molecule has 0 fully saturated rings. The quantitative estimate of drug-likeness (QED) is 0.514. The maximum Gasteiger partial charge on any atom is 0.274 e. The fourth-order valence-electron chi connectivity index (χ4n) is 3.33. The second-order valence-electron chi connectivity index (χ2n) is 7.03. The zero-order valence-corrected chi connectivity index (χ0v) is 17.0. The molecule has 4 aromatic rings. The first-order valence-electron chi connectivity index (χ1n) is 9.93. The van der Waals surface area contributed by atoms with Crippen LogP contribution in [-0.2, 0) is 6.54 Å². The Hall–Kier alpha value is -3.80. The van der Waals surface area contributed by atoms with E-state index in [-0.39, 0.29) is 5.91 Å². The third kappa shape index (κ3) is 4.27. The van der Waals surface area contributed by atoms with E-state index in [9.17, 15) is 4.79 Å². The molecule has 6 nitrogen and oxygen atoms in total. The monoisotopic (exact) mass is 397 g/mol. The Balaban J connectivity index is 1.61. The number of amides is 1. The largest absolute Gasteiger partial charge is 0.337 e. The lowest BCUT2D eigenvalue weighted by molar-refractivity contribution is 0.102. The predicted molar refractivity (Wildman–Crippen MR) is 120 cm³/mol. The van der Waals surface area contributed by atoms with E-state index in [0.717, 1.165) is 28.7 Å². The first-order valence-corrected chi connectivity index (χ1v) is 9.93. The summed E-state index contributed by atoms with van der Waals surface area (Å²) in [5.41, 5.74) is 3.65. The highest BCUT2D eigenvalue weighted by Gasteiger charge is 2.16. The maximum atomic E-state index is 13.0. The molecule has 0 aliphatic carbocycles. The number of nitrogens with one attached hydrogen (secondary N) is 1. The average Bonchev–Trinajstić information content (AvgIpc) is 2.78. The van der Waals surface area contributed by atoms with Crippen LogP contribution in [0.1, 0.15) is 28.7 Å². The van der Waals surface area contributed by atoms with Gasteiger partial charge in [0, 0.05) is 30.4 Å². The molecule has 0 aliphatic rings. The molecule has 2 aromatic heterocycles. The number of aromatic nitrogens is 3. The van der Waals surface area contributed by atoms with E-state index in [1.54, 1.807) is 12.3 Å². The minimum Gasteiger partial charge on any atom is -0.337 e. The van der Waals surface area contributed by atoms with E-state index in [0.29, 0.717) is 23.9 Å². The van der Waals surface area contributed by atoms with Crippen molar-refractivity contribution in [2.45, 2.75) is 20.4 Å².